The van der Waals surface area contributed by atoms with Gasteiger partial charge in [0.15, 0.2) is 11.6 Å². The second-order valence-corrected chi connectivity index (χ2v) is 17.9. The molecule has 0 aliphatic carbocycles. The van der Waals surface area contributed by atoms with Crippen LogP contribution in [-0.4, -0.2) is 40.1 Å². The van der Waals surface area contributed by atoms with E-state index in [2.05, 4.69) is 148 Å². The number of para-hydroxylation sites is 2. The highest BCUT2D eigenvalue weighted by molar-refractivity contribution is 6.13. The van der Waals surface area contributed by atoms with Crippen LogP contribution < -0.4 is 11.2 Å². The fourth-order valence-electron chi connectivity index (χ4n) is 7.73. The zero-order chi connectivity index (χ0) is 45.7. The average Bonchev–Trinajstić information content (AvgIpc) is 3.94. The summed E-state index contributed by atoms with van der Waals surface area (Å²) in [5.41, 5.74) is 9.25. The first-order valence-electron chi connectivity index (χ1n) is 22.2. The normalized spacial score (nSPS) is 12.3. The van der Waals surface area contributed by atoms with E-state index in [0.717, 1.165) is 56.2 Å². The fraction of sp³-hybridized carbons (Fsp3) is 0.143. The molecule has 0 amide bonds. The van der Waals surface area contributed by atoms with Crippen molar-refractivity contribution in [1.29, 1.82) is 0 Å². The average molecular weight is 865 g/mol. The molecular weight excluding hydrogens is 813 g/mol. The lowest BCUT2D eigenvalue weighted by Gasteiger charge is -2.18. The Bertz CT molecular complexity index is 2950. The molecule has 0 aliphatic heterocycles. The van der Waals surface area contributed by atoms with E-state index in [9.17, 15) is 0 Å². The summed E-state index contributed by atoms with van der Waals surface area (Å²) in [6.45, 7) is 12.8. The van der Waals surface area contributed by atoms with Crippen molar-refractivity contribution in [1.82, 2.24) is 28.7 Å². The van der Waals surface area contributed by atoms with Crippen molar-refractivity contribution in [3.05, 3.63) is 240 Å². The van der Waals surface area contributed by atoms with Crippen molar-refractivity contribution in [2.24, 2.45) is 20.4 Å². The maximum absolute atomic E-state index is 5.32. The minimum Gasteiger partial charge on any atom is -0.260 e. The van der Waals surface area contributed by atoms with E-state index in [0.29, 0.717) is 22.9 Å². The van der Waals surface area contributed by atoms with Crippen LogP contribution in [0, 0.1) is 0 Å². The van der Waals surface area contributed by atoms with Gasteiger partial charge in [-0.25, -0.2) is 9.36 Å². The van der Waals surface area contributed by atoms with Gasteiger partial charge in [0.05, 0.1) is 22.5 Å². The van der Waals surface area contributed by atoms with E-state index in [1.165, 1.54) is 0 Å². The summed E-state index contributed by atoms with van der Waals surface area (Å²) in [5, 5.41) is 30.8. The molecule has 10 nitrogen and oxygen atoms in total. The molecule has 9 aromatic rings. The smallest absolute Gasteiger partial charge is 0.253 e. The maximum Gasteiger partial charge on any atom is 0.253 e. The Morgan fingerprint density at radius 1 is 0.348 bits per heavy atom. The molecule has 9 rings (SSSR count). The Hall–Kier alpha value is -8.24. The number of rotatable bonds is 10. The van der Waals surface area contributed by atoms with Gasteiger partial charge in [-0.05, 0) is 65.8 Å². The lowest BCUT2D eigenvalue weighted by Crippen LogP contribution is -2.36. The van der Waals surface area contributed by atoms with Gasteiger partial charge in [-0.1, -0.05) is 182 Å². The molecule has 0 unspecified atom stereocenters. The largest absolute Gasteiger partial charge is 0.260 e. The predicted octanol–water partition coefficient (Wildman–Crippen LogP) is 11.2. The lowest BCUT2D eigenvalue weighted by atomic mass is 10.0. The van der Waals surface area contributed by atoms with Crippen LogP contribution in [0.2, 0.25) is 0 Å². The summed E-state index contributed by atoms with van der Waals surface area (Å²) in [7, 11) is 0. The molecule has 0 aliphatic rings. The van der Waals surface area contributed by atoms with Crippen LogP contribution >= 0.6 is 0 Å². The molecule has 0 saturated heterocycles. The van der Waals surface area contributed by atoms with Crippen LogP contribution in [0.5, 0.6) is 0 Å². The van der Waals surface area contributed by atoms with Crippen molar-refractivity contribution in [3.63, 3.8) is 0 Å². The highest BCUT2D eigenvalue weighted by Gasteiger charge is 2.26. The van der Waals surface area contributed by atoms with Crippen LogP contribution in [0.4, 0.5) is 0 Å². The van der Waals surface area contributed by atoms with Gasteiger partial charge < -0.3 is 0 Å². The van der Waals surface area contributed by atoms with Crippen molar-refractivity contribution < 1.29 is 0 Å². The molecule has 0 spiro atoms. The van der Waals surface area contributed by atoms with Crippen LogP contribution in [0.3, 0.4) is 0 Å². The van der Waals surface area contributed by atoms with Gasteiger partial charge in [-0.2, -0.15) is 10.2 Å². The molecule has 66 heavy (non-hydrogen) atoms. The highest BCUT2D eigenvalue weighted by Crippen LogP contribution is 2.28. The van der Waals surface area contributed by atoms with Gasteiger partial charge in [0.1, 0.15) is 11.4 Å². The molecule has 0 fully saturated rings. The molecule has 0 N–H and O–H groups in total. The first-order chi connectivity index (χ1) is 32.0. The van der Waals surface area contributed by atoms with E-state index in [-0.39, 0.29) is 0 Å². The predicted molar refractivity (Wildman–Crippen MR) is 266 cm³/mol. The zero-order valence-corrected chi connectivity index (χ0v) is 38.1. The third-order valence-electron chi connectivity index (χ3n) is 11.0. The molecule has 2 aromatic heterocycles. The molecule has 2 heterocycles. The number of benzene rings is 7. The van der Waals surface area contributed by atoms with Gasteiger partial charge in [-0.3, -0.25) is 9.13 Å². The topological polar surface area (TPSA) is 94.9 Å². The van der Waals surface area contributed by atoms with Crippen LogP contribution in [0.1, 0.15) is 63.8 Å². The Balaban J connectivity index is 1.24. The first-order valence-corrected chi connectivity index (χ1v) is 22.2. The number of aromatic nitrogens is 6. The summed E-state index contributed by atoms with van der Waals surface area (Å²) in [5.74, 6) is 1.43. The molecule has 0 bridgehead atoms. The highest BCUT2D eigenvalue weighted by atomic mass is 15.5. The second kappa shape index (κ2) is 18.5. The third-order valence-corrected chi connectivity index (χ3v) is 11.0. The van der Waals surface area contributed by atoms with Gasteiger partial charge in [0.25, 0.3) is 11.2 Å². The monoisotopic (exact) mass is 864 g/mol. The van der Waals surface area contributed by atoms with Crippen molar-refractivity contribution in [2.75, 3.05) is 0 Å². The standard InChI is InChI=1S/C56H52N10/c1-55(2,3)65-53(59-57-49(41-25-13-7-14-26-41)42-27-15-8-16-28-42)63(47-33-21-11-22-34-47)51(61-65)45-37-39-46(40-38-45)52-62-66(56(4,5)6)54(64(52)48-35-23-12-24-36-48)60-58-50(43-29-17-9-18-30-43)44-31-19-10-20-32-44/h7-40H,1-6H3/b59-53-,60-54+. The third kappa shape index (κ3) is 9.07. The van der Waals surface area contributed by atoms with Gasteiger partial charge in [0.2, 0.25) is 0 Å². The Morgan fingerprint density at radius 2 is 0.606 bits per heavy atom. The Labute approximate surface area is 385 Å². The maximum atomic E-state index is 5.32. The van der Waals surface area contributed by atoms with E-state index in [4.69, 9.17) is 30.6 Å². The summed E-state index contributed by atoms with van der Waals surface area (Å²) in [4.78, 5) is 0. The SMILES string of the molecule is CC(C)(C)n1nc(-c2ccc(-c3nn(C(C)(C)C)/c(=N/N=C(c4ccccc4)c4ccccc4)n3-c3ccccc3)cc2)n(-c2ccccc2)/c1=N/N=C(c1ccccc1)c1ccccc1. The van der Waals surface area contributed by atoms with Gasteiger partial charge in [-0.15, -0.1) is 20.4 Å². The molecule has 7 aromatic carbocycles. The molecule has 0 atom stereocenters. The minimum absolute atomic E-state index is 0.451. The van der Waals surface area contributed by atoms with Crippen LogP contribution in [0.15, 0.2) is 227 Å². The van der Waals surface area contributed by atoms with Crippen LogP contribution in [0.25, 0.3) is 34.2 Å². The van der Waals surface area contributed by atoms with E-state index >= 15 is 0 Å². The van der Waals surface area contributed by atoms with E-state index in [1.807, 2.05) is 119 Å². The van der Waals surface area contributed by atoms with Crippen LogP contribution in [-0.2, 0) is 11.1 Å². The molecule has 0 saturated carbocycles. The van der Waals surface area contributed by atoms with Gasteiger partial charge >= 0.3 is 0 Å². The Morgan fingerprint density at radius 3 is 0.864 bits per heavy atom. The Kier molecular flexibility index (Phi) is 12.0. The van der Waals surface area contributed by atoms with E-state index < -0.39 is 11.1 Å². The zero-order valence-electron chi connectivity index (χ0n) is 38.1. The lowest BCUT2D eigenvalue weighted by molar-refractivity contribution is 0.337. The number of hydrogen-bond donors (Lipinski definition) is 0. The summed E-state index contributed by atoms with van der Waals surface area (Å²) in [6.07, 6.45) is 0. The van der Waals surface area contributed by atoms with Crippen molar-refractivity contribution in [2.45, 2.75) is 52.6 Å². The summed E-state index contributed by atoms with van der Waals surface area (Å²) < 4.78 is 8.09. The number of nitrogens with zero attached hydrogens (tertiary/aromatic N) is 10. The van der Waals surface area contributed by atoms with Gasteiger partial charge in [0, 0.05) is 33.4 Å². The van der Waals surface area contributed by atoms with Crippen molar-refractivity contribution >= 4 is 11.4 Å². The summed E-state index contributed by atoms with van der Waals surface area (Å²) in [6, 6.07) is 69.5. The molecule has 0 radical (unpaired) electrons. The fourth-order valence-corrected chi connectivity index (χ4v) is 7.73. The first kappa shape index (κ1) is 43.0. The molecular formula is C56H52N10. The molecule has 10 heteroatoms. The number of hydrogen-bond acceptors (Lipinski definition) is 6. The minimum atomic E-state index is -0.451. The second-order valence-electron chi connectivity index (χ2n) is 17.9. The quantitative estimate of drug-likeness (QED) is 0.101. The summed E-state index contributed by atoms with van der Waals surface area (Å²) >= 11 is 0. The van der Waals surface area contributed by atoms with E-state index in [1.54, 1.807) is 0 Å². The molecule has 326 valence electrons. The van der Waals surface area contributed by atoms with Crippen molar-refractivity contribution in [3.8, 4) is 34.2 Å².